The van der Waals surface area contributed by atoms with Crippen LogP contribution in [0, 0.1) is 5.92 Å². The van der Waals surface area contributed by atoms with Gasteiger partial charge in [-0.2, -0.15) is 0 Å². The summed E-state index contributed by atoms with van der Waals surface area (Å²) in [7, 11) is 1.93. The van der Waals surface area contributed by atoms with Crippen LogP contribution in [0.3, 0.4) is 0 Å². The lowest BCUT2D eigenvalue weighted by Crippen LogP contribution is -2.34. The van der Waals surface area contributed by atoms with Gasteiger partial charge in [0, 0.05) is 12.6 Å². The van der Waals surface area contributed by atoms with Gasteiger partial charge in [0.25, 0.3) is 0 Å². The zero-order valence-corrected chi connectivity index (χ0v) is 10.7. The molecule has 3 unspecified atom stereocenters. The molecule has 0 aromatic rings. The Morgan fingerprint density at radius 1 is 1.44 bits per heavy atom. The Morgan fingerprint density at radius 3 is 2.88 bits per heavy atom. The molecule has 3 atom stereocenters. The number of likely N-dealkylation sites (N-methyl/N-ethyl adjacent to an activating group) is 1. The average molecular weight is 229 g/mol. The number of aliphatic hydroxyl groups is 1. The Balaban J connectivity index is 2.20. The van der Waals surface area contributed by atoms with Gasteiger partial charge in [0.15, 0.2) is 0 Å². The predicted molar refractivity (Wildman–Crippen MR) is 66.5 cm³/mol. The molecule has 1 saturated carbocycles. The molecule has 0 radical (unpaired) electrons. The van der Waals surface area contributed by atoms with E-state index in [1.807, 2.05) is 7.05 Å². The van der Waals surface area contributed by atoms with E-state index in [9.17, 15) is 0 Å². The second-order valence-corrected chi connectivity index (χ2v) is 4.89. The topological polar surface area (TPSA) is 41.5 Å². The third-order valence-electron chi connectivity index (χ3n) is 3.73. The van der Waals surface area contributed by atoms with Crippen LogP contribution in [0.15, 0.2) is 0 Å². The predicted octanol–water partition coefficient (Wildman–Crippen LogP) is 1.94. The van der Waals surface area contributed by atoms with Crippen LogP contribution in [0.1, 0.15) is 45.4 Å². The summed E-state index contributed by atoms with van der Waals surface area (Å²) in [6.45, 7) is 3.24. The van der Waals surface area contributed by atoms with Gasteiger partial charge in [-0.25, -0.2) is 0 Å². The van der Waals surface area contributed by atoms with Gasteiger partial charge in [-0.05, 0) is 32.2 Å². The lowest BCUT2D eigenvalue weighted by atomic mass is 9.85. The van der Waals surface area contributed by atoms with E-state index in [0.29, 0.717) is 12.1 Å². The van der Waals surface area contributed by atoms with Crippen molar-refractivity contribution in [2.24, 2.45) is 5.92 Å². The van der Waals surface area contributed by atoms with Crippen molar-refractivity contribution >= 4 is 0 Å². The molecule has 1 fully saturated rings. The first-order valence-corrected chi connectivity index (χ1v) is 6.69. The fraction of sp³-hybridized carbons (Fsp3) is 1.00. The summed E-state index contributed by atoms with van der Waals surface area (Å²) in [5.74, 6) is 0.865. The van der Waals surface area contributed by atoms with Crippen LogP contribution in [0.25, 0.3) is 0 Å². The van der Waals surface area contributed by atoms with Crippen LogP contribution >= 0.6 is 0 Å². The quantitative estimate of drug-likeness (QED) is 0.701. The van der Waals surface area contributed by atoms with Crippen LogP contribution in [-0.2, 0) is 4.74 Å². The van der Waals surface area contributed by atoms with Gasteiger partial charge in [0.05, 0.1) is 12.7 Å². The molecule has 0 bridgehead atoms. The largest absolute Gasteiger partial charge is 0.396 e. The highest BCUT2D eigenvalue weighted by molar-refractivity contribution is 4.73. The first-order chi connectivity index (χ1) is 7.80. The summed E-state index contributed by atoms with van der Waals surface area (Å²) in [6.07, 6.45) is 7.65. The van der Waals surface area contributed by atoms with Crippen LogP contribution in [0.2, 0.25) is 0 Å². The summed E-state index contributed by atoms with van der Waals surface area (Å²) in [5, 5.41) is 12.1. The summed E-state index contributed by atoms with van der Waals surface area (Å²) in [4.78, 5) is 0. The molecule has 0 aromatic heterocycles. The molecular weight excluding hydrogens is 202 g/mol. The molecule has 1 rings (SSSR count). The number of ether oxygens (including phenoxy) is 1. The fourth-order valence-corrected chi connectivity index (χ4v) is 2.48. The van der Waals surface area contributed by atoms with Crippen molar-refractivity contribution in [3.63, 3.8) is 0 Å². The Morgan fingerprint density at radius 2 is 2.25 bits per heavy atom. The molecule has 96 valence electrons. The molecule has 0 amide bonds. The monoisotopic (exact) mass is 229 g/mol. The van der Waals surface area contributed by atoms with Crippen molar-refractivity contribution < 1.29 is 9.84 Å². The minimum Gasteiger partial charge on any atom is -0.396 e. The molecule has 2 N–H and O–H groups in total. The third-order valence-corrected chi connectivity index (χ3v) is 3.73. The van der Waals surface area contributed by atoms with E-state index >= 15 is 0 Å². The Hall–Kier alpha value is -0.120. The molecule has 0 spiro atoms. The maximum absolute atomic E-state index is 8.89. The minimum absolute atomic E-state index is 0.233. The van der Waals surface area contributed by atoms with Crippen LogP contribution in [0.5, 0.6) is 0 Å². The number of hydrogen-bond acceptors (Lipinski definition) is 3. The summed E-state index contributed by atoms with van der Waals surface area (Å²) < 4.78 is 5.95. The van der Waals surface area contributed by atoms with Gasteiger partial charge >= 0.3 is 0 Å². The summed E-state index contributed by atoms with van der Waals surface area (Å²) in [5.41, 5.74) is 0. The second-order valence-electron chi connectivity index (χ2n) is 4.89. The standard InChI is InChI=1S/C13H27NO2/c1-3-11-5-4-6-13(9-11)16-10-12(14-2)7-8-15/h11-15H,3-10H2,1-2H3. The van der Waals surface area contributed by atoms with Crippen molar-refractivity contribution in [2.45, 2.75) is 57.6 Å². The fourth-order valence-electron chi connectivity index (χ4n) is 2.48. The van der Waals surface area contributed by atoms with Gasteiger partial charge in [0.2, 0.25) is 0 Å². The Kier molecular flexibility index (Phi) is 7.01. The van der Waals surface area contributed by atoms with Crippen LogP contribution in [0.4, 0.5) is 0 Å². The van der Waals surface area contributed by atoms with E-state index in [0.717, 1.165) is 18.9 Å². The number of hydrogen-bond donors (Lipinski definition) is 2. The summed E-state index contributed by atoms with van der Waals surface area (Å²) >= 11 is 0. The smallest absolute Gasteiger partial charge is 0.0624 e. The van der Waals surface area contributed by atoms with E-state index < -0.39 is 0 Å². The Bertz CT molecular complexity index is 175. The van der Waals surface area contributed by atoms with Gasteiger partial charge in [-0.15, -0.1) is 0 Å². The SMILES string of the molecule is CCC1CCCC(OCC(CCO)NC)C1. The molecule has 3 heteroatoms. The van der Waals surface area contributed by atoms with Crippen molar-refractivity contribution in [3.05, 3.63) is 0 Å². The molecule has 0 aliphatic heterocycles. The highest BCUT2D eigenvalue weighted by Crippen LogP contribution is 2.28. The molecule has 0 aromatic carbocycles. The highest BCUT2D eigenvalue weighted by Gasteiger charge is 2.21. The first kappa shape index (κ1) is 13.9. The van der Waals surface area contributed by atoms with Gasteiger partial charge in [0.1, 0.15) is 0 Å². The normalized spacial score (nSPS) is 27.9. The summed E-state index contributed by atoms with van der Waals surface area (Å²) in [6, 6.07) is 0.298. The molecule has 0 heterocycles. The minimum atomic E-state index is 0.233. The first-order valence-electron chi connectivity index (χ1n) is 6.69. The number of rotatable bonds is 7. The van der Waals surface area contributed by atoms with Crippen LogP contribution in [-0.4, -0.2) is 37.5 Å². The van der Waals surface area contributed by atoms with Gasteiger partial charge < -0.3 is 15.2 Å². The lowest BCUT2D eigenvalue weighted by Gasteiger charge is -2.29. The van der Waals surface area contributed by atoms with Crippen molar-refractivity contribution in [1.82, 2.24) is 5.32 Å². The van der Waals surface area contributed by atoms with E-state index in [4.69, 9.17) is 9.84 Å². The number of aliphatic hydroxyl groups excluding tert-OH is 1. The second kappa shape index (κ2) is 8.04. The van der Waals surface area contributed by atoms with E-state index in [1.54, 1.807) is 0 Å². The molecular formula is C13H27NO2. The maximum atomic E-state index is 8.89. The number of nitrogens with one attached hydrogen (secondary N) is 1. The zero-order chi connectivity index (χ0) is 11.8. The zero-order valence-electron chi connectivity index (χ0n) is 10.7. The average Bonchev–Trinajstić information content (AvgIpc) is 2.34. The molecule has 0 saturated heterocycles. The highest BCUT2D eigenvalue weighted by atomic mass is 16.5. The van der Waals surface area contributed by atoms with Crippen LogP contribution < -0.4 is 5.32 Å². The van der Waals surface area contributed by atoms with E-state index in [1.165, 1.54) is 32.1 Å². The molecule has 1 aliphatic carbocycles. The Labute approximate surface area is 99.6 Å². The third kappa shape index (κ3) is 4.81. The van der Waals surface area contributed by atoms with E-state index in [-0.39, 0.29) is 6.61 Å². The van der Waals surface area contributed by atoms with Crippen molar-refractivity contribution in [1.29, 1.82) is 0 Å². The van der Waals surface area contributed by atoms with Gasteiger partial charge in [-0.3, -0.25) is 0 Å². The van der Waals surface area contributed by atoms with Crippen molar-refractivity contribution in [3.8, 4) is 0 Å². The lowest BCUT2D eigenvalue weighted by molar-refractivity contribution is -0.000313. The van der Waals surface area contributed by atoms with Gasteiger partial charge in [-0.1, -0.05) is 26.2 Å². The molecule has 16 heavy (non-hydrogen) atoms. The maximum Gasteiger partial charge on any atom is 0.0624 e. The molecule has 1 aliphatic rings. The van der Waals surface area contributed by atoms with Crippen molar-refractivity contribution in [2.75, 3.05) is 20.3 Å². The molecule has 3 nitrogen and oxygen atoms in total. The van der Waals surface area contributed by atoms with E-state index in [2.05, 4.69) is 12.2 Å².